The summed E-state index contributed by atoms with van der Waals surface area (Å²) in [6.07, 6.45) is 0. The van der Waals surface area contributed by atoms with E-state index in [0.29, 0.717) is 5.66 Å². The Morgan fingerprint density at radius 3 is 1.35 bits per heavy atom. The molecule has 3 heteroatoms. The minimum atomic E-state index is -0.639. The van der Waals surface area contributed by atoms with E-state index in [2.05, 4.69) is 150 Å². The van der Waals surface area contributed by atoms with Crippen molar-refractivity contribution < 1.29 is 17.1 Å². The van der Waals surface area contributed by atoms with E-state index in [1.54, 1.807) is 0 Å². The zero-order valence-corrected chi connectivity index (χ0v) is 28.6. The van der Waals surface area contributed by atoms with Gasteiger partial charge in [-0.1, -0.05) is 126 Å². The van der Waals surface area contributed by atoms with E-state index in [-0.39, 0.29) is 17.1 Å². The minimum absolute atomic E-state index is 0. The summed E-state index contributed by atoms with van der Waals surface area (Å²) >= 11 is 0. The van der Waals surface area contributed by atoms with Crippen LogP contribution in [0.1, 0.15) is 40.4 Å². The van der Waals surface area contributed by atoms with E-state index in [4.69, 9.17) is 0 Å². The monoisotopic (exact) mass is 638 g/mol. The quantitative estimate of drug-likeness (QED) is 0.0931. The standard InChI is InChI=1S/C35H35P2.C5H5.Fe/c1-25-19-26(2)22-32(21-25)36(33-23-27(3)20-28(4)24-33)29(5)34-17-12-18-35(34)37(30-13-8-6-9-14-30)31-15-10-7-11-16-31;1-2-4-5-3-1;/h6-24,29H,1-5H3;1-5H;/q2*-1;+2/t29-;;/m0../s1. The molecule has 43 heavy (non-hydrogen) atoms. The normalized spacial score (nSPS) is 11.5. The van der Waals surface area contributed by atoms with Crippen LogP contribution in [0.3, 0.4) is 0 Å². The van der Waals surface area contributed by atoms with Gasteiger partial charge in [0.15, 0.2) is 0 Å². The summed E-state index contributed by atoms with van der Waals surface area (Å²) in [4.78, 5) is 0. The van der Waals surface area contributed by atoms with Crippen molar-refractivity contribution in [2.24, 2.45) is 0 Å². The molecule has 6 rings (SSSR count). The van der Waals surface area contributed by atoms with Crippen LogP contribution < -0.4 is 26.5 Å². The van der Waals surface area contributed by atoms with E-state index >= 15 is 0 Å². The summed E-state index contributed by atoms with van der Waals surface area (Å²) in [5.41, 5.74) is 7.26. The molecule has 0 fully saturated rings. The van der Waals surface area contributed by atoms with Gasteiger partial charge in [0, 0.05) is 0 Å². The van der Waals surface area contributed by atoms with Gasteiger partial charge in [0.1, 0.15) is 0 Å². The summed E-state index contributed by atoms with van der Waals surface area (Å²) in [7, 11) is -1.24. The van der Waals surface area contributed by atoms with Gasteiger partial charge in [-0.2, -0.15) is 35.9 Å². The second-order valence-corrected chi connectivity index (χ2v) is 15.8. The van der Waals surface area contributed by atoms with Crippen molar-refractivity contribution in [1.82, 2.24) is 0 Å². The molecule has 0 aliphatic heterocycles. The Morgan fingerprint density at radius 1 is 0.512 bits per heavy atom. The van der Waals surface area contributed by atoms with Crippen LogP contribution in [0.4, 0.5) is 0 Å². The molecule has 0 saturated heterocycles. The van der Waals surface area contributed by atoms with Gasteiger partial charge in [-0.3, -0.25) is 0 Å². The van der Waals surface area contributed by atoms with Gasteiger partial charge in [-0.25, -0.2) is 18.2 Å². The molecule has 0 saturated carbocycles. The van der Waals surface area contributed by atoms with Gasteiger partial charge in [0.2, 0.25) is 0 Å². The number of rotatable bonds is 7. The molecule has 0 amide bonds. The van der Waals surface area contributed by atoms with Crippen LogP contribution in [0.15, 0.2) is 146 Å². The molecule has 218 valence electrons. The van der Waals surface area contributed by atoms with Crippen LogP contribution in [0.25, 0.3) is 0 Å². The van der Waals surface area contributed by atoms with E-state index in [1.165, 1.54) is 54.3 Å². The van der Waals surface area contributed by atoms with Crippen LogP contribution >= 0.6 is 15.8 Å². The van der Waals surface area contributed by atoms with E-state index in [0.717, 1.165) is 0 Å². The third-order valence-electron chi connectivity index (χ3n) is 7.46. The molecule has 0 radical (unpaired) electrons. The van der Waals surface area contributed by atoms with Crippen LogP contribution in [0.5, 0.6) is 0 Å². The van der Waals surface area contributed by atoms with E-state index in [9.17, 15) is 0 Å². The smallest absolute Gasteiger partial charge is 0.214 e. The van der Waals surface area contributed by atoms with E-state index in [1.807, 2.05) is 30.3 Å². The molecule has 0 bridgehead atoms. The fourth-order valence-corrected chi connectivity index (χ4v) is 11.5. The number of hydrogen-bond donors (Lipinski definition) is 0. The number of aryl methyl sites for hydroxylation is 4. The van der Waals surface area contributed by atoms with Gasteiger partial charge >= 0.3 is 17.1 Å². The molecular weight excluding hydrogens is 598 g/mol. The third-order valence-corrected chi connectivity index (χ3v) is 12.7. The molecule has 0 nitrogen and oxygen atoms in total. The number of hydrogen-bond acceptors (Lipinski definition) is 0. The Kier molecular flexibility index (Phi) is 11.9. The molecule has 0 spiro atoms. The maximum atomic E-state index is 2.46. The fraction of sp³-hybridized carbons (Fsp3) is 0.150. The average molecular weight is 639 g/mol. The molecule has 0 heterocycles. The van der Waals surface area contributed by atoms with Crippen LogP contribution in [0, 0.1) is 27.7 Å². The Hall–Kier alpha value is -3.04. The van der Waals surface area contributed by atoms with Crippen molar-refractivity contribution in [3.05, 3.63) is 173 Å². The van der Waals surface area contributed by atoms with Gasteiger partial charge in [0.05, 0.1) is 0 Å². The maximum Gasteiger partial charge on any atom is 2.00 e. The van der Waals surface area contributed by atoms with Crippen molar-refractivity contribution >= 4 is 42.4 Å². The second-order valence-electron chi connectivity index (χ2n) is 11.1. The molecule has 6 aromatic carbocycles. The topological polar surface area (TPSA) is 0 Å². The van der Waals surface area contributed by atoms with Crippen molar-refractivity contribution in [2.75, 3.05) is 0 Å². The Morgan fingerprint density at radius 2 is 0.953 bits per heavy atom. The fourth-order valence-electron chi connectivity index (χ4n) is 5.80. The van der Waals surface area contributed by atoms with Crippen LogP contribution in [-0.4, -0.2) is 0 Å². The Balaban J connectivity index is 0.000000641. The van der Waals surface area contributed by atoms with Gasteiger partial charge in [0.25, 0.3) is 0 Å². The first-order chi connectivity index (χ1) is 20.4. The Labute approximate surface area is 271 Å². The SMILES string of the molecule is Cc1cc(C)cc(P(c2cc(C)cc(C)c2)[C@@H](C)c2cc[cH-]c2P(c2ccccc2)c2ccccc2)c1.[Fe+2].c1cc[cH-]c1. The predicted molar refractivity (Wildman–Crippen MR) is 189 cm³/mol. The van der Waals surface area contributed by atoms with Gasteiger partial charge < -0.3 is 0 Å². The van der Waals surface area contributed by atoms with Crippen molar-refractivity contribution in [2.45, 2.75) is 40.3 Å². The van der Waals surface area contributed by atoms with Crippen molar-refractivity contribution in [3.8, 4) is 0 Å². The molecule has 6 aromatic rings. The van der Waals surface area contributed by atoms with Gasteiger partial charge in [-0.05, 0) is 70.4 Å². The molecule has 1 atom stereocenters. The zero-order valence-electron chi connectivity index (χ0n) is 25.7. The summed E-state index contributed by atoms with van der Waals surface area (Å²) in [6.45, 7) is 11.4. The number of benzene rings is 4. The van der Waals surface area contributed by atoms with E-state index < -0.39 is 15.8 Å². The largest absolute Gasteiger partial charge is 2.00 e. The molecule has 0 N–H and O–H groups in total. The third kappa shape index (κ3) is 8.32. The van der Waals surface area contributed by atoms with Gasteiger partial charge in [-0.15, -0.1) is 5.30 Å². The predicted octanol–water partition coefficient (Wildman–Crippen LogP) is 8.99. The first-order valence-electron chi connectivity index (χ1n) is 14.7. The second kappa shape index (κ2) is 15.6. The van der Waals surface area contributed by atoms with Crippen molar-refractivity contribution in [3.63, 3.8) is 0 Å². The summed E-state index contributed by atoms with van der Waals surface area (Å²) < 4.78 is 0. The first kappa shape index (κ1) is 32.9. The van der Waals surface area contributed by atoms with Crippen LogP contribution in [0.2, 0.25) is 0 Å². The summed E-state index contributed by atoms with van der Waals surface area (Å²) in [5, 5.41) is 7.25. The molecular formula is C40H40FeP2. The summed E-state index contributed by atoms with van der Waals surface area (Å²) in [5.74, 6) is 0. The van der Waals surface area contributed by atoms with Crippen molar-refractivity contribution in [1.29, 1.82) is 0 Å². The minimum Gasteiger partial charge on any atom is -0.214 e. The molecule has 0 unspecified atom stereocenters. The first-order valence-corrected chi connectivity index (χ1v) is 17.4. The van der Waals surface area contributed by atoms with Crippen LogP contribution in [-0.2, 0) is 17.1 Å². The average Bonchev–Trinajstić information content (AvgIpc) is 3.70. The maximum absolute atomic E-state index is 2.46. The molecule has 0 aliphatic rings. The molecule has 0 aromatic heterocycles. The zero-order chi connectivity index (χ0) is 29.5. The Bertz CT molecular complexity index is 1540. The molecule has 0 aliphatic carbocycles. The summed E-state index contributed by atoms with van der Waals surface area (Å²) in [6, 6.07) is 53.5.